The number of amides is 2. The van der Waals surface area contributed by atoms with Crippen LogP contribution in [0.1, 0.15) is 39.5 Å². The minimum Gasteiger partial charge on any atom is -0.465 e. The number of aliphatic hydroxyl groups excluding tert-OH is 1. The number of rotatable bonds is 5. The van der Waals surface area contributed by atoms with Crippen LogP contribution in [0.15, 0.2) is 48.6 Å². The molecule has 38 heavy (non-hydrogen) atoms. The summed E-state index contributed by atoms with van der Waals surface area (Å²) in [6, 6.07) is 5.71. The largest absolute Gasteiger partial charge is 0.465 e. The minimum atomic E-state index is -0.974. The lowest BCUT2D eigenvalue weighted by molar-refractivity contribution is -0.153. The fourth-order valence-electron chi connectivity index (χ4n) is 6.41. The van der Waals surface area contributed by atoms with Crippen LogP contribution in [0, 0.1) is 17.8 Å². The van der Waals surface area contributed by atoms with Crippen molar-refractivity contribution in [3.05, 3.63) is 53.6 Å². The van der Waals surface area contributed by atoms with Crippen molar-refractivity contribution in [2.45, 2.75) is 61.6 Å². The zero-order valence-electron chi connectivity index (χ0n) is 21.8. The maximum atomic E-state index is 14.5. The molecule has 1 N–H and O–H groups in total. The highest BCUT2D eigenvalue weighted by atomic mass is 35.5. The lowest BCUT2D eigenvalue weighted by Crippen LogP contribution is -2.58. The van der Waals surface area contributed by atoms with E-state index < -0.39 is 28.7 Å². The number of hydrogen-bond donors (Lipinski definition) is 1. The number of ether oxygens (including phenoxy) is 1. The predicted molar refractivity (Wildman–Crippen MR) is 149 cm³/mol. The number of carbonyl (C=O) groups excluding carboxylic acids is 3. The molecule has 2 saturated heterocycles. The number of nitrogens with zero attached hydrogens (tertiary/aromatic N) is 2. The van der Waals surface area contributed by atoms with E-state index >= 15 is 0 Å². The van der Waals surface area contributed by atoms with E-state index in [-0.39, 0.29) is 35.6 Å². The van der Waals surface area contributed by atoms with Gasteiger partial charge in [0, 0.05) is 11.8 Å². The summed E-state index contributed by atoms with van der Waals surface area (Å²) < 4.78 is 4.70. The molecule has 0 saturated carbocycles. The van der Waals surface area contributed by atoms with Gasteiger partial charge in [-0.1, -0.05) is 68.3 Å². The number of likely N-dealkylation sites (tertiary alicyclic amines) is 1. The van der Waals surface area contributed by atoms with Crippen molar-refractivity contribution in [1.82, 2.24) is 4.90 Å². The van der Waals surface area contributed by atoms with Crippen LogP contribution in [0.3, 0.4) is 0 Å². The van der Waals surface area contributed by atoms with Crippen molar-refractivity contribution in [1.29, 1.82) is 0 Å². The second kappa shape index (κ2) is 11.1. The number of anilines is 1. The van der Waals surface area contributed by atoms with E-state index in [2.05, 4.69) is 6.08 Å². The minimum absolute atomic E-state index is 0.0506. The first-order chi connectivity index (χ1) is 18.4. The quantitative estimate of drug-likeness (QED) is 0.430. The van der Waals surface area contributed by atoms with Gasteiger partial charge in [-0.3, -0.25) is 14.4 Å². The van der Waals surface area contributed by atoms with Crippen molar-refractivity contribution in [2.75, 3.05) is 24.7 Å². The van der Waals surface area contributed by atoms with E-state index in [0.29, 0.717) is 23.9 Å². The van der Waals surface area contributed by atoms with Gasteiger partial charge >= 0.3 is 5.97 Å². The summed E-state index contributed by atoms with van der Waals surface area (Å²) in [6.45, 7) is 4.33. The number of esters is 1. The second-order valence-corrected chi connectivity index (χ2v) is 12.5. The molecule has 2 amide bonds. The Bertz CT molecular complexity index is 1160. The molecule has 1 spiro atoms. The van der Waals surface area contributed by atoms with Crippen molar-refractivity contribution in [2.24, 2.45) is 17.8 Å². The molecule has 0 radical (unpaired) electrons. The van der Waals surface area contributed by atoms with Crippen LogP contribution >= 0.6 is 23.4 Å². The molecule has 7 nitrogen and oxygen atoms in total. The maximum absolute atomic E-state index is 14.5. The molecule has 204 valence electrons. The zero-order chi connectivity index (χ0) is 27.0. The first-order valence-electron chi connectivity index (χ1n) is 13.5. The molecule has 4 aliphatic rings. The summed E-state index contributed by atoms with van der Waals surface area (Å²) >= 11 is 8.04. The topological polar surface area (TPSA) is 87.2 Å². The first kappa shape index (κ1) is 27.3. The second-order valence-electron chi connectivity index (χ2n) is 10.6. The number of carbonyl (C=O) groups is 3. The lowest BCUT2D eigenvalue weighted by atomic mass is 9.78. The Hall–Kier alpha value is -2.29. The van der Waals surface area contributed by atoms with Gasteiger partial charge in [0.1, 0.15) is 6.04 Å². The summed E-state index contributed by atoms with van der Waals surface area (Å²) in [5.41, 5.74) is 0.571. The van der Waals surface area contributed by atoms with Gasteiger partial charge in [0.25, 0.3) is 5.91 Å². The highest BCUT2D eigenvalue weighted by Crippen LogP contribution is 2.61. The van der Waals surface area contributed by atoms with E-state index in [9.17, 15) is 19.5 Å². The van der Waals surface area contributed by atoms with Crippen LogP contribution < -0.4 is 4.90 Å². The van der Waals surface area contributed by atoms with Gasteiger partial charge in [0.05, 0.1) is 46.5 Å². The number of fused-ring (bicyclic) bond motifs is 2. The Kier molecular flexibility index (Phi) is 7.94. The highest BCUT2D eigenvalue weighted by Gasteiger charge is 2.72. The molecule has 1 unspecified atom stereocenters. The van der Waals surface area contributed by atoms with Crippen LogP contribution in [-0.4, -0.2) is 69.6 Å². The molecule has 1 aromatic rings. The van der Waals surface area contributed by atoms with E-state index in [0.717, 1.165) is 25.7 Å². The van der Waals surface area contributed by atoms with E-state index in [1.807, 2.05) is 44.2 Å². The van der Waals surface area contributed by atoms with Crippen molar-refractivity contribution >= 4 is 46.8 Å². The zero-order valence-corrected chi connectivity index (χ0v) is 23.4. The van der Waals surface area contributed by atoms with Gasteiger partial charge in [-0.25, -0.2) is 0 Å². The number of thioether (sulfide) groups is 1. The molecule has 4 aliphatic heterocycles. The van der Waals surface area contributed by atoms with E-state index in [4.69, 9.17) is 16.3 Å². The molecule has 0 bridgehead atoms. The van der Waals surface area contributed by atoms with E-state index in [1.165, 1.54) is 11.8 Å². The summed E-state index contributed by atoms with van der Waals surface area (Å²) in [4.78, 5) is 45.7. The van der Waals surface area contributed by atoms with Crippen molar-refractivity contribution in [3.8, 4) is 0 Å². The Morgan fingerprint density at radius 1 is 1.18 bits per heavy atom. The SMILES string of the molecule is CC[C@H](C)[C@H](CO)N1C(=O)[C@@H]2[C@H]3C(=O)OCCCC/C=C\[C@H]3S[C@@]23C=CCN(c2ccccc2Cl)C(=O)C13. The normalized spacial score (nSPS) is 33.6. The molecular weight excluding hydrogens is 524 g/mol. The Balaban J connectivity index is 1.66. The molecule has 1 aromatic carbocycles. The Labute approximate surface area is 233 Å². The fourth-order valence-corrected chi connectivity index (χ4v) is 8.64. The van der Waals surface area contributed by atoms with Crippen LogP contribution in [0.5, 0.6) is 0 Å². The van der Waals surface area contributed by atoms with Crippen LogP contribution in [0.25, 0.3) is 0 Å². The number of allylic oxidation sites excluding steroid dienone is 1. The number of cyclic esters (lactones) is 1. The summed E-state index contributed by atoms with van der Waals surface area (Å²) in [6.07, 6.45) is 11.3. The summed E-state index contributed by atoms with van der Waals surface area (Å²) in [7, 11) is 0. The van der Waals surface area contributed by atoms with Crippen LogP contribution in [0.4, 0.5) is 5.69 Å². The smallest absolute Gasteiger partial charge is 0.311 e. The molecule has 7 atom stereocenters. The molecule has 9 heteroatoms. The van der Waals surface area contributed by atoms with E-state index in [1.54, 1.807) is 21.9 Å². The monoisotopic (exact) mass is 558 g/mol. The maximum Gasteiger partial charge on any atom is 0.311 e. The van der Waals surface area contributed by atoms with Gasteiger partial charge in [0.2, 0.25) is 5.91 Å². The number of halogens is 1. The molecule has 4 heterocycles. The lowest BCUT2D eigenvalue weighted by Gasteiger charge is -2.40. The number of para-hydroxylation sites is 1. The molecule has 0 aliphatic carbocycles. The van der Waals surface area contributed by atoms with Crippen LogP contribution in [0.2, 0.25) is 5.02 Å². The summed E-state index contributed by atoms with van der Waals surface area (Å²) in [5, 5.41) is 10.7. The third kappa shape index (κ3) is 4.38. The standard InChI is InChI=1S/C29H35ClN2O5S/c1-3-18(2)21(17-33)32-25-27(35)31(20-12-8-7-11-19(20)30)15-10-14-29(25)24(26(32)34)23-22(38-29)13-6-4-5-9-16-37-28(23)36/h6-8,10-14,18,21-25,33H,3-5,9,15-17H2,1-2H3/b13-6-/t18-,21-,22+,23-,24-,25?,29-/m0/s1. The highest BCUT2D eigenvalue weighted by molar-refractivity contribution is 8.02. The van der Waals surface area contributed by atoms with Gasteiger partial charge in [-0.05, 0) is 37.3 Å². The average molecular weight is 559 g/mol. The molecule has 0 aromatic heterocycles. The Morgan fingerprint density at radius 2 is 1.97 bits per heavy atom. The van der Waals surface area contributed by atoms with Gasteiger partial charge in [-0.15, -0.1) is 11.8 Å². The van der Waals surface area contributed by atoms with Crippen molar-refractivity contribution in [3.63, 3.8) is 0 Å². The third-order valence-corrected chi connectivity index (χ3v) is 10.6. The molecule has 2 fully saturated rings. The van der Waals surface area contributed by atoms with Crippen molar-refractivity contribution < 1.29 is 24.2 Å². The van der Waals surface area contributed by atoms with Gasteiger partial charge < -0.3 is 19.6 Å². The predicted octanol–water partition coefficient (Wildman–Crippen LogP) is 4.23. The fraction of sp³-hybridized carbons (Fsp3) is 0.552. The number of hydrogen-bond acceptors (Lipinski definition) is 6. The third-order valence-electron chi connectivity index (χ3n) is 8.53. The summed E-state index contributed by atoms with van der Waals surface area (Å²) in [5.74, 6) is -2.45. The number of aliphatic hydroxyl groups is 1. The Morgan fingerprint density at radius 3 is 2.71 bits per heavy atom. The van der Waals surface area contributed by atoms with Gasteiger partial charge in [0.15, 0.2) is 0 Å². The molecular formula is C29H35ClN2O5S. The number of benzene rings is 1. The van der Waals surface area contributed by atoms with Crippen LogP contribution in [-0.2, 0) is 19.1 Å². The molecule has 5 rings (SSSR count). The van der Waals surface area contributed by atoms with Gasteiger partial charge in [-0.2, -0.15) is 0 Å². The first-order valence-corrected chi connectivity index (χ1v) is 14.8. The average Bonchev–Trinajstić information content (AvgIpc) is 3.30.